The number of rotatable bonds is 8. The first-order valence-corrected chi connectivity index (χ1v) is 8.48. The van der Waals surface area contributed by atoms with E-state index < -0.39 is 37.3 Å². The molecule has 3 N–H and O–H groups in total. The molecule has 1 aromatic heterocycles. The first-order valence-electron chi connectivity index (χ1n) is 12.5. The summed E-state index contributed by atoms with van der Waals surface area (Å²) in [5, 5.41) is 1.86. The van der Waals surface area contributed by atoms with Crippen LogP contribution in [0.15, 0.2) is 12.1 Å². The Balaban J connectivity index is 2.05. The van der Waals surface area contributed by atoms with Crippen LogP contribution in [0.4, 0.5) is 11.8 Å². The molecule has 1 unspecified atom stereocenters. The molecule has 0 spiro atoms. The lowest BCUT2D eigenvalue weighted by Gasteiger charge is -2.19. The molecule has 2 aromatic rings. The van der Waals surface area contributed by atoms with Crippen LogP contribution in [-0.4, -0.2) is 62.8 Å². The van der Waals surface area contributed by atoms with Crippen LogP contribution in [0, 0.1) is 0 Å². The minimum Gasteiger partial charge on any atom is -0.493 e. The maximum absolute atomic E-state index is 12.4. The SMILES string of the molecule is [2H]c1c(OC)c(OC)c([2H])c2c(N)nc(N(C)C([2H])([2H])C([2H])([2H])C([2H])([2H])NC(=O)C3CCCO3)nc12. The number of carbonyl (C=O) groups excluding carboxylic acids is 1. The minimum absolute atomic E-state index is 0.0578. The number of nitrogens with zero attached hydrogens (tertiary/aromatic N) is 3. The molecule has 152 valence electrons. The van der Waals surface area contributed by atoms with Gasteiger partial charge >= 0.3 is 0 Å². The number of ether oxygens (including phenoxy) is 3. The largest absolute Gasteiger partial charge is 0.493 e. The lowest BCUT2D eigenvalue weighted by Crippen LogP contribution is -2.36. The number of hydrogen-bond acceptors (Lipinski definition) is 8. The Morgan fingerprint density at radius 2 is 2.18 bits per heavy atom. The van der Waals surface area contributed by atoms with Crippen LogP contribution in [0.5, 0.6) is 11.5 Å². The van der Waals surface area contributed by atoms with E-state index in [4.69, 9.17) is 30.9 Å². The highest BCUT2D eigenvalue weighted by molar-refractivity contribution is 5.91. The quantitative estimate of drug-likeness (QED) is 0.687. The van der Waals surface area contributed by atoms with E-state index in [0.717, 1.165) is 7.05 Å². The Kier molecular flexibility index (Phi) is 3.79. The molecule has 0 radical (unpaired) electrons. The van der Waals surface area contributed by atoms with E-state index >= 15 is 0 Å². The van der Waals surface area contributed by atoms with Gasteiger partial charge in [0.2, 0.25) is 11.9 Å². The molecule has 1 saturated heterocycles. The average Bonchev–Trinajstić information content (AvgIpc) is 3.34. The highest BCUT2D eigenvalue weighted by Gasteiger charge is 2.22. The third kappa shape index (κ3) is 4.36. The third-order valence-corrected chi connectivity index (χ3v) is 4.00. The molecule has 9 nitrogen and oxygen atoms in total. The number of hydrogen-bond donors (Lipinski definition) is 2. The molecule has 1 aromatic carbocycles. The Bertz CT molecular complexity index is 1180. The number of nitrogens with one attached hydrogen (secondary N) is 1. The number of aromatic nitrogens is 2. The van der Waals surface area contributed by atoms with E-state index in [0.29, 0.717) is 24.3 Å². The van der Waals surface area contributed by atoms with Crippen molar-refractivity contribution in [2.45, 2.75) is 25.3 Å². The van der Waals surface area contributed by atoms with Crippen molar-refractivity contribution in [1.82, 2.24) is 15.3 Å². The Morgan fingerprint density at radius 1 is 1.43 bits per heavy atom. The Morgan fingerprint density at radius 3 is 2.86 bits per heavy atom. The molecule has 1 aliphatic rings. The van der Waals surface area contributed by atoms with Crippen molar-refractivity contribution in [2.75, 3.05) is 51.5 Å². The average molecular weight is 398 g/mol. The van der Waals surface area contributed by atoms with Gasteiger partial charge in [-0.15, -0.1) is 0 Å². The van der Waals surface area contributed by atoms with Gasteiger partial charge in [0.05, 0.1) is 22.5 Å². The van der Waals surface area contributed by atoms with Gasteiger partial charge in [0.1, 0.15) is 11.9 Å². The van der Waals surface area contributed by atoms with E-state index in [2.05, 4.69) is 9.97 Å². The van der Waals surface area contributed by atoms with E-state index in [1.54, 1.807) is 0 Å². The van der Waals surface area contributed by atoms with E-state index in [9.17, 15) is 4.79 Å². The maximum Gasteiger partial charge on any atom is 0.249 e. The number of anilines is 2. The van der Waals surface area contributed by atoms with Crippen LogP contribution < -0.4 is 25.4 Å². The number of amides is 1. The lowest BCUT2D eigenvalue weighted by atomic mass is 10.2. The molecule has 2 heterocycles. The van der Waals surface area contributed by atoms with Gasteiger partial charge in [0.15, 0.2) is 11.5 Å². The molecule has 1 aliphatic heterocycles. The molecule has 0 bridgehead atoms. The summed E-state index contributed by atoms with van der Waals surface area (Å²) in [7, 11) is 3.61. The van der Waals surface area contributed by atoms with Crippen LogP contribution in [0.25, 0.3) is 10.9 Å². The number of carbonyl (C=O) groups is 1. The maximum atomic E-state index is 12.4. The summed E-state index contributed by atoms with van der Waals surface area (Å²) in [5.74, 6) is -1.89. The van der Waals surface area contributed by atoms with Crippen molar-refractivity contribution in [1.29, 1.82) is 0 Å². The van der Waals surface area contributed by atoms with Crippen molar-refractivity contribution in [3.05, 3.63) is 12.1 Å². The van der Waals surface area contributed by atoms with Crippen LogP contribution in [0.3, 0.4) is 0 Å². The first kappa shape index (κ1) is 11.9. The summed E-state index contributed by atoms with van der Waals surface area (Å²) >= 11 is 0. The summed E-state index contributed by atoms with van der Waals surface area (Å²) in [4.78, 5) is 21.1. The van der Waals surface area contributed by atoms with Gasteiger partial charge < -0.3 is 30.2 Å². The van der Waals surface area contributed by atoms with Crippen molar-refractivity contribution < 1.29 is 30.0 Å². The summed E-state index contributed by atoms with van der Waals surface area (Å²) in [6, 6.07) is -0.592. The number of methoxy groups -OCH3 is 2. The lowest BCUT2D eigenvalue weighted by molar-refractivity contribution is -0.130. The molecular formula is C19H27N5O4. The zero-order valence-electron chi connectivity index (χ0n) is 23.8. The summed E-state index contributed by atoms with van der Waals surface area (Å²) in [6.07, 6.45) is -3.38. The summed E-state index contributed by atoms with van der Waals surface area (Å²) in [6.45, 7) is -6.02. The van der Waals surface area contributed by atoms with Crippen molar-refractivity contribution in [3.8, 4) is 11.5 Å². The second-order valence-electron chi connectivity index (χ2n) is 5.86. The molecular weight excluding hydrogens is 362 g/mol. The summed E-state index contributed by atoms with van der Waals surface area (Å²) in [5.41, 5.74) is 5.83. The highest BCUT2D eigenvalue weighted by Crippen LogP contribution is 2.33. The smallest absolute Gasteiger partial charge is 0.249 e. The first-order chi connectivity index (χ1) is 16.6. The fraction of sp³-hybridized carbons (Fsp3) is 0.526. The number of benzene rings is 1. The fourth-order valence-corrected chi connectivity index (χ4v) is 2.57. The Hall–Kier alpha value is -2.81. The molecule has 9 heteroatoms. The molecule has 0 saturated carbocycles. The molecule has 1 fully saturated rings. The molecule has 3 rings (SSSR count). The van der Waals surface area contributed by atoms with Gasteiger partial charge in [-0.25, -0.2) is 4.98 Å². The second kappa shape index (κ2) is 8.92. The van der Waals surface area contributed by atoms with Crippen molar-refractivity contribution >= 4 is 28.6 Å². The number of nitrogens with two attached hydrogens (primary N) is 1. The van der Waals surface area contributed by atoms with Gasteiger partial charge in [-0.05, 0) is 25.3 Å². The van der Waals surface area contributed by atoms with Gasteiger partial charge in [-0.3, -0.25) is 4.79 Å². The van der Waals surface area contributed by atoms with Crippen LogP contribution in [-0.2, 0) is 9.53 Å². The van der Waals surface area contributed by atoms with Gasteiger partial charge in [0.25, 0.3) is 0 Å². The summed E-state index contributed by atoms with van der Waals surface area (Å²) < 4.78 is 82.1. The van der Waals surface area contributed by atoms with E-state index in [-0.39, 0.29) is 40.3 Å². The second-order valence-corrected chi connectivity index (χ2v) is 5.86. The Labute approximate surface area is 175 Å². The molecule has 0 aliphatic carbocycles. The number of nitrogen functional groups attached to an aromatic ring is 1. The zero-order valence-corrected chi connectivity index (χ0v) is 15.8. The van der Waals surface area contributed by atoms with Gasteiger partial charge in [-0.2, -0.15) is 4.98 Å². The molecule has 28 heavy (non-hydrogen) atoms. The van der Waals surface area contributed by atoms with E-state index in [1.807, 2.05) is 5.32 Å². The normalized spacial score (nSPS) is 21.9. The monoisotopic (exact) mass is 397 g/mol. The van der Waals surface area contributed by atoms with Gasteiger partial charge in [-0.1, -0.05) is 0 Å². The minimum atomic E-state index is -3.35. The predicted octanol–water partition coefficient (Wildman–Crippen LogP) is 1.35. The third-order valence-electron chi connectivity index (χ3n) is 4.00. The molecule has 1 amide bonds. The fourth-order valence-electron chi connectivity index (χ4n) is 2.57. The van der Waals surface area contributed by atoms with Crippen LogP contribution in [0.1, 0.15) is 30.2 Å². The van der Waals surface area contributed by atoms with Crippen molar-refractivity contribution in [2.24, 2.45) is 0 Å². The standard InChI is InChI=1S/C19H27N5O4/c1-24(8-5-7-21-18(25)14-6-4-9-28-14)19-22-13-11-16(27-3)15(26-2)10-12(13)17(20)23-19/h10-11,14H,4-9H2,1-3H3,(H,21,25)(H2,20,22,23)/i5D2,7D2,8D2,10D,11D. The van der Waals surface area contributed by atoms with Crippen LogP contribution >= 0.6 is 0 Å². The van der Waals surface area contributed by atoms with E-state index in [1.165, 1.54) is 14.2 Å². The predicted molar refractivity (Wildman–Crippen MR) is 107 cm³/mol. The topological polar surface area (TPSA) is 112 Å². The van der Waals surface area contributed by atoms with Crippen LogP contribution in [0.2, 0.25) is 0 Å². The van der Waals surface area contributed by atoms with Crippen molar-refractivity contribution in [3.63, 3.8) is 0 Å². The zero-order chi connectivity index (χ0) is 27.2. The van der Waals surface area contributed by atoms with Gasteiger partial charge in [0, 0.05) is 46.3 Å². The number of fused-ring (bicyclic) bond motifs is 1. The highest BCUT2D eigenvalue weighted by atomic mass is 16.5. The molecule has 1 atom stereocenters.